The van der Waals surface area contributed by atoms with Gasteiger partial charge in [0.05, 0.1) is 5.37 Å². The largest absolute Gasteiger partial charge is 0.314 e. The van der Waals surface area contributed by atoms with E-state index in [4.69, 9.17) is 0 Å². The van der Waals surface area contributed by atoms with Gasteiger partial charge in [0.1, 0.15) is 0 Å². The van der Waals surface area contributed by atoms with Crippen LogP contribution >= 0.6 is 11.8 Å². The first-order valence-corrected chi connectivity index (χ1v) is 6.50. The van der Waals surface area contributed by atoms with Crippen molar-refractivity contribution < 1.29 is 0 Å². The lowest BCUT2D eigenvalue weighted by atomic mass is 10.1. The summed E-state index contributed by atoms with van der Waals surface area (Å²) < 4.78 is 0. The summed E-state index contributed by atoms with van der Waals surface area (Å²) in [5, 5.41) is 7.77. The molecule has 2 atom stereocenters. The fraction of sp³-hybridized carbons (Fsp3) is 1.00. The molecule has 1 aliphatic heterocycles. The smallest absolute Gasteiger partial charge is 0.0661 e. The van der Waals surface area contributed by atoms with E-state index in [0.717, 1.165) is 12.6 Å². The van der Waals surface area contributed by atoms with Crippen molar-refractivity contribution in [1.29, 1.82) is 0 Å². The van der Waals surface area contributed by atoms with Gasteiger partial charge in [0.15, 0.2) is 0 Å². The van der Waals surface area contributed by atoms with Crippen molar-refractivity contribution in [1.82, 2.24) is 10.6 Å². The molecule has 2 N–H and O–H groups in total. The van der Waals surface area contributed by atoms with E-state index in [1.165, 1.54) is 31.6 Å². The molecule has 0 aromatic heterocycles. The van der Waals surface area contributed by atoms with E-state index < -0.39 is 0 Å². The minimum absolute atomic E-state index is 0.644. The average Bonchev–Trinajstić information content (AvgIpc) is 2.19. The second kappa shape index (κ2) is 6.68. The van der Waals surface area contributed by atoms with E-state index in [1.807, 2.05) is 0 Å². The molecule has 1 heterocycles. The zero-order valence-electron chi connectivity index (χ0n) is 8.81. The summed E-state index contributed by atoms with van der Waals surface area (Å²) in [6, 6.07) is 0.724. The Bertz CT molecular complexity index is 121. The summed E-state index contributed by atoms with van der Waals surface area (Å²) in [7, 11) is 0. The number of nitrogens with one attached hydrogen (secondary N) is 2. The summed E-state index contributed by atoms with van der Waals surface area (Å²) in [5.74, 6) is 1.25. The van der Waals surface area contributed by atoms with Crippen LogP contribution in [0.15, 0.2) is 0 Å². The summed E-state index contributed by atoms with van der Waals surface area (Å²) in [4.78, 5) is 0. The third-order valence-electron chi connectivity index (χ3n) is 2.48. The highest BCUT2D eigenvalue weighted by molar-refractivity contribution is 7.99. The van der Waals surface area contributed by atoms with Gasteiger partial charge < -0.3 is 10.6 Å². The lowest BCUT2D eigenvalue weighted by Gasteiger charge is -2.28. The molecule has 2 unspecified atom stereocenters. The predicted octanol–water partition coefficient (Wildman–Crippen LogP) is 1.82. The third kappa shape index (κ3) is 4.34. The molecular weight excluding hydrogens is 180 g/mol. The Labute approximate surface area is 86.2 Å². The molecule has 0 aromatic rings. The van der Waals surface area contributed by atoms with Gasteiger partial charge >= 0.3 is 0 Å². The highest BCUT2D eigenvalue weighted by atomic mass is 32.2. The van der Waals surface area contributed by atoms with Gasteiger partial charge in [-0.3, -0.25) is 0 Å². The SMILES string of the molecule is CCCC(CC)NC1CNCCS1. The minimum atomic E-state index is 0.644. The molecule has 0 bridgehead atoms. The van der Waals surface area contributed by atoms with E-state index >= 15 is 0 Å². The lowest BCUT2D eigenvalue weighted by molar-refractivity contribution is 0.438. The van der Waals surface area contributed by atoms with E-state index in [0.29, 0.717) is 5.37 Å². The van der Waals surface area contributed by atoms with Gasteiger partial charge in [0.25, 0.3) is 0 Å². The quantitative estimate of drug-likeness (QED) is 0.711. The normalized spacial score (nSPS) is 25.8. The van der Waals surface area contributed by atoms with Crippen LogP contribution in [-0.4, -0.2) is 30.3 Å². The molecule has 0 aliphatic carbocycles. The summed E-state index contributed by atoms with van der Waals surface area (Å²) in [6.45, 7) is 6.84. The first-order chi connectivity index (χ1) is 6.36. The fourth-order valence-corrected chi connectivity index (χ4v) is 2.76. The standard InChI is InChI=1S/C10H22N2S/c1-3-5-9(4-2)12-10-8-11-6-7-13-10/h9-12H,3-8H2,1-2H3. The van der Waals surface area contributed by atoms with E-state index in [1.54, 1.807) is 0 Å². The molecule has 0 aromatic carbocycles. The Kier molecular flexibility index (Phi) is 5.83. The number of thioether (sulfide) groups is 1. The molecule has 0 amide bonds. The van der Waals surface area contributed by atoms with Crippen LogP contribution in [0.25, 0.3) is 0 Å². The maximum absolute atomic E-state index is 3.71. The van der Waals surface area contributed by atoms with Crippen LogP contribution in [0.3, 0.4) is 0 Å². The van der Waals surface area contributed by atoms with Crippen LogP contribution < -0.4 is 10.6 Å². The Morgan fingerprint density at radius 1 is 1.54 bits per heavy atom. The van der Waals surface area contributed by atoms with Crippen molar-refractivity contribution >= 4 is 11.8 Å². The molecule has 0 spiro atoms. The van der Waals surface area contributed by atoms with Gasteiger partial charge in [-0.15, -0.1) is 11.8 Å². The maximum atomic E-state index is 3.71. The molecule has 1 saturated heterocycles. The first-order valence-electron chi connectivity index (χ1n) is 5.45. The van der Waals surface area contributed by atoms with Crippen LogP contribution in [0, 0.1) is 0 Å². The molecule has 78 valence electrons. The Hall–Kier alpha value is 0.270. The molecule has 1 aliphatic rings. The van der Waals surface area contributed by atoms with Crippen molar-refractivity contribution in [2.75, 3.05) is 18.8 Å². The highest BCUT2D eigenvalue weighted by Crippen LogP contribution is 2.13. The maximum Gasteiger partial charge on any atom is 0.0661 e. The Morgan fingerprint density at radius 3 is 2.92 bits per heavy atom. The Morgan fingerprint density at radius 2 is 2.38 bits per heavy atom. The van der Waals surface area contributed by atoms with Gasteiger partial charge in [-0.2, -0.15) is 0 Å². The zero-order chi connectivity index (χ0) is 9.52. The summed E-state index contributed by atoms with van der Waals surface area (Å²) in [5.41, 5.74) is 0. The minimum Gasteiger partial charge on any atom is -0.314 e. The van der Waals surface area contributed by atoms with Crippen molar-refractivity contribution in [3.05, 3.63) is 0 Å². The van der Waals surface area contributed by atoms with Gasteiger partial charge in [-0.25, -0.2) is 0 Å². The van der Waals surface area contributed by atoms with Crippen LogP contribution in [0.1, 0.15) is 33.1 Å². The van der Waals surface area contributed by atoms with Gasteiger partial charge in [-0.1, -0.05) is 20.3 Å². The van der Waals surface area contributed by atoms with Crippen molar-refractivity contribution in [3.8, 4) is 0 Å². The van der Waals surface area contributed by atoms with Crippen LogP contribution in [0.2, 0.25) is 0 Å². The molecule has 0 radical (unpaired) electrons. The van der Waals surface area contributed by atoms with Crippen molar-refractivity contribution in [2.45, 2.75) is 44.5 Å². The predicted molar refractivity (Wildman–Crippen MR) is 61.2 cm³/mol. The summed E-state index contributed by atoms with van der Waals surface area (Å²) in [6.07, 6.45) is 3.86. The van der Waals surface area contributed by atoms with Crippen LogP contribution in [0.4, 0.5) is 0 Å². The zero-order valence-corrected chi connectivity index (χ0v) is 9.62. The molecular formula is C10H22N2S. The van der Waals surface area contributed by atoms with Crippen molar-refractivity contribution in [2.24, 2.45) is 0 Å². The second-order valence-electron chi connectivity index (χ2n) is 3.62. The molecule has 0 saturated carbocycles. The highest BCUT2D eigenvalue weighted by Gasteiger charge is 2.15. The molecule has 1 rings (SSSR count). The van der Waals surface area contributed by atoms with Gasteiger partial charge in [-0.05, 0) is 12.8 Å². The topological polar surface area (TPSA) is 24.1 Å². The summed E-state index contributed by atoms with van der Waals surface area (Å²) >= 11 is 2.06. The van der Waals surface area contributed by atoms with E-state index in [9.17, 15) is 0 Å². The number of hydrogen-bond donors (Lipinski definition) is 2. The van der Waals surface area contributed by atoms with Crippen LogP contribution in [0.5, 0.6) is 0 Å². The molecule has 1 fully saturated rings. The number of hydrogen-bond acceptors (Lipinski definition) is 3. The number of rotatable bonds is 5. The monoisotopic (exact) mass is 202 g/mol. The average molecular weight is 202 g/mol. The van der Waals surface area contributed by atoms with Crippen LogP contribution in [-0.2, 0) is 0 Å². The lowest BCUT2D eigenvalue weighted by Crippen LogP contribution is -2.45. The third-order valence-corrected chi connectivity index (χ3v) is 3.62. The molecule has 3 heteroatoms. The van der Waals surface area contributed by atoms with E-state index in [2.05, 4.69) is 36.2 Å². The molecule has 13 heavy (non-hydrogen) atoms. The first kappa shape index (κ1) is 11.3. The fourth-order valence-electron chi connectivity index (χ4n) is 1.69. The van der Waals surface area contributed by atoms with E-state index in [-0.39, 0.29) is 0 Å². The Balaban J connectivity index is 2.18. The van der Waals surface area contributed by atoms with Gasteiger partial charge in [0.2, 0.25) is 0 Å². The second-order valence-corrected chi connectivity index (χ2v) is 4.93. The van der Waals surface area contributed by atoms with Gasteiger partial charge in [0, 0.05) is 24.9 Å². The van der Waals surface area contributed by atoms with Crippen molar-refractivity contribution in [3.63, 3.8) is 0 Å². The molecule has 2 nitrogen and oxygen atoms in total.